The summed E-state index contributed by atoms with van der Waals surface area (Å²) in [7, 11) is 5.19. The molecule has 6 radical (unpaired) electrons. The highest BCUT2D eigenvalue weighted by Crippen LogP contribution is 1.91. The number of rotatable bonds is 1. The van der Waals surface area contributed by atoms with E-state index in [0.717, 1.165) is 12.1 Å². The molecule has 0 saturated carbocycles. The van der Waals surface area contributed by atoms with Gasteiger partial charge in [-0.15, -0.1) is 0 Å². The molecule has 0 fully saturated rings. The predicted molar refractivity (Wildman–Crippen MR) is 46.2 cm³/mol. The van der Waals surface area contributed by atoms with Gasteiger partial charge in [0.15, 0.2) is 0 Å². The van der Waals surface area contributed by atoms with E-state index in [9.17, 15) is 0 Å². The zero-order chi connectivity index (χ0) is 8.53. The van der Waals surface area contributed by atoms with Crippen LogP contribution in [0.15, 0.2) is 24.4 Å². The molecule has 0 unspecified atom stereocenters. The van der Waals surface area contributed by atoms with Crippen molar-refractivity contribution in [3.05, 3.63) is 30.1 Å². The first-order chi connectivity index (χ1) is 5.35. The average Bonchev–Trinajstić information content (AvgIpc) is 2.08. The SMILES string of the molecule is CCc1ccccn1.[Si]O[Si]. The first-order valence-corrected chi connectivity index (χ1v) is 4.06. The minimum Gasteiger partial charge on any atom is -0.458 e. The number of hydrogen-bond donors (Lipinski definition) is 0. The van der Waals surface area contributed by atoms with E-state index >= 15 is 0 Å². The topological polar surface area (TPSA) is 22.1 Å². The van der Waals surface area contributed by atoms with Crippen molar-refractivity contribution in [1.29, 1.82) is 0 Å². The molecule has 0 aliphatic heterocycles. The van der Waals surface area contributed by atoms with E-state index in [1.54, 1.807) is 0 Å². The van der Waals surface area contributed by atoms with Crippen LogP contribution in [0.25, 0.3) is 0 Å². The normalized spacial score (nSPS) is 8.27. The third kappa shape index (κ3) is 5.96. The standard InChI is InChI=1S/C7H9N.OSi2/c1-2-7-5-3-4-6-8-7;2-1-3/h3-6H,2H2,1H3;. The Labute approximate surface area is 74.1 Å². The van der Waals surface area contributed by atoms with Crippen molar-refractivity contribution in [2.75, 3.05) is 0 Å². The lowest BCUT2D eigenvalue weighted by molar-refractivity contribution is 0.690. The van der Waals surface area contributed by atoms with Crippen LogP contribution in [-0.2, 0) is 10.5 Å². The van der Waals surface area contributed by atoms with Gasteiger partial charge in [-0.2, -0.15) is 0 Å². The fraction of sp³-hybridized carbons (Fsp3) is 0.286. The maximum atomic E-state index is 4.10. The molecule has 0 saturated heterocycles. The molecule has 0 aliphatic rings. The van der Waals surface area contributed by atoms with E-state index in [1.807, 2.05) is 24.4 Å². The lowest BCUT2D eigenvalue weighted by Gasteiger charge is -1.88. The van der Waals surface area contributed by atoms with Crippen LogP contribution in [-0.4, -0.2) is 26.0 Å². The van der Waals surface area contributed by atoms with Gasteiger partial charge in [0.2, 0.25) is 21.0 Å². The minimum absolute atomic E-state index is 1.03. The first-order valence-electron chi connectivity index (χ1n) is 3.24. The average molecular weight is 179 g/mol. The quantitative estimate of drug-likeness (QED) is 0.595. The fourth-order valence-electron chi connectivity index (χ4n) is 0.607. The lowest BCUT2D eigenvalue weighted by Crippen LogP contribution is -1.81. The van der Waals surface area contributed by atoms with Crippen LogP contribution >= 0.6 is 0 Å². The molecule has 1 aromatic rings. The second-order valence-electron chi connectivity index (χ2n) is 1.78. The van der Waals surface area contributed by atoms with Gasteiger partial charge in [0.1, 0.15) is 0 Å². The van der Waals surface area contributed by atoms with E-state index in [0.29, 0.717) is 0 Å². The van der Waals surface area contributed by atoms with Gasteiger partial charge < -0.3 is 4.12 Å². The summed E-state index contributed by atoms with van der Waals surface area (Å²) in [5, 5.41) is 0. The van der Waals surface area contributed by atoms with Gasteiger partial charge in [0.05, 0.1) is 0 Å². The van der Waals surface area contributed by atoms with Crippen molar-refractivity contribution in [2.45, 2.75) is 13.3 Å². The van der Waals surface area contributed by atoms with E-state index < -0.39 is 0 Å². The second kappa shape index (κ2) is 7.65. The largest absolute Gasteiger partial charge is 0.458 e. The number of pyridine rings is 1. The molecule has 1 aromatic heterocycles. The summed E-state index contributed by atoms with van der Waals surface area (Å²) in [6, 6.07) is 5.96. The summed E-state index contributed by atoms with van der Waals surface area (Å²) in [5.74, 6) is 0. The van der Waals surface area contributed by atoms with Gasteiger partial charge in [-0.05, 0) is 18.6 Å². The highest BCUT2D eigenvalue weighted by molar-refractivity contribution is 6.15. The number of aryl methyl sites for hydroxylation is 1. The van der Waals surface area contributed by atoms with Crippen molar-refractivity contribution in [3.8, 4) is 0 Å². The van der Waals surface area contributed by atoms with Crippen LogP contribution < -0.4 is 0 Å². The number of aromatic nitrogens is 1. The van der Waals surface area contributed by atoms with Crippen molar-refractivity contribution in [3.63, 3.8) is 0 Å². The van der Waals surface area contributed by atoms with Gasteiger partial charge in [-0.1, -0.05) is 13.0 Å². The Bertz CT molecular complexity index is 169. The molecule has 11 heavy (non-hydrogen) atoms. The summed E-state index contributed by atoms with van der Waals surface area (Å²) in [6.07, 6.45) is 2.85. The lowest BCUT2D eigenvalue weighted by atomic mass is 10.3. The molecule has 4 heteroatoms. The zero-order valence-electron chi connectivity index (χ0n) is 6.37. The van der Waals surface area contributed by atoms with Crippen molar-refractivity contribution in [2.24, 2.45) is 0 Å². The Morgan fingerprint density at radius 3 is 2.36 bits per heavy atom. The molecule has 0 aliphatic carbocycles. The van der Waals surface area contributed by atoms with Crippen LogP contribution in [0.1, 0.15) is 12.6 Å². The zero-order valence-corrected chi connectivity index (χ0v) is 8.37. The van der Waals surface area contributed by atoms with Gasteiger partial charge in [-0.25, -0.2) is 0 Å². The van der Waals surface area contributed by atoms with Gasteiger partial charge in [0, 0.05) is 11.9 Å². The maximum absolute atomic E-state index is 4.10. The molecule has 2 nitrogen and oxygen atoms in total. The molecule has 1 rings (SSSR count). The molecule has 56 valence electrons. The Hall–Kier alpha value is -0.456. The van der Waals surface area contributed by atoms with Gasteiger partial charge in [-0.3, -0.25) is 4.98 Å². The Kier molecular flexibility index (Phi) is 7.33. The highest BCUT2D eigenvalue weighted by atomic mass is 28.3. The first kappa shape index (κ1) is 10.5. The molecule has 0 atom stereocenters. The highest BCUT2D eigenvalue weighted by Gasteiger charge is 1.81. The van der Waals surface area contributed by atoms with Crippen LogP contribution in [0.2, 0.25) is 0 Å². The van der Waals surface area contributed by atoms with Crippen LogP contribution in [0.5, 0.6) is 0 Å². The van der Waals surface area contributed by atoms with Crippen molar-refractivity contribution >= 4 is 21.0 Å². The third-order valence-electron chi connectivity index (χ3n) is 1.09. The van der Waals surface area contributed by atoms with Crippen molar-refractivity contribution < 1.29 is 4.12 Å². The van der Waals surface area contributed by atoms with Gasteiger partial charge in [0.25, 0.3) is 0 Å². The summed E-state index contributed by atoms with van der Waals surface area (Å²) in [5.41, 5.74) is 1.16. The predicted octanol–water partition coefficient (Wildman–Crippen LogP) is 0.814. The van der Waals surface area contributed by atoms with Crippen LogP contribution in [0, 0.1) is 0 Å². The van der Waals surface area contributed by atoms with E-state index in [1.165, 1.54) is 0 Å². The van der Waals surface area contributed by atoms with Crippen molar-refractivity contribution in [1.82, 2.24) is 4.98 Å². The molecular weight excluding hydrogens is 170 g/mol. The summed E-state index contributed by atoms with van der Waals surface area (Å²) in [4.78, 5) is 4.10. The Morgan fingerprint density at radius 2 is 2.09 bits per heavy atom. The fourth-order valence-corrected chi connectivity index (χ4v) is 0.607. The maximum Gasteiger partial charge on any atom is 0.229 e. The molecule has 0 amide bonds. The van der Waals surface area contributed by atoms with E-state index in [-0.39, 0.29) is 0 Å². The number of hydrogen-bond acceptors (Lipinski definition) is 2. The summed E-state index contributed by atoms with van der Waals surface area (Å²) >= 11 is 0. The van der Waals surface area contributed by atoms with Crippen LogP contribution in [0.3, 0.4) is 0 Å². The summed E-state index contributed by atoms with van der Waals surface area (Å²) < 4.78 is 3.86. The van der Waals surface area contributed by atoms with Gasteiger partial charge >= 0.3 is 0 Å². The molecule has 1 heterocycles. The Balaban J connectivity index is 0.000000292. The monoisotopic (exact) mass is 179 g/mol. The molecule has 0 bridgehead atoms. The molecule has 0 spiro atoms. The minimum atomic E-state index is 1.03. The number of nitrogens with zero attached hydrogens (tertiary/aromatic N) is 1. The van der Waals surface area contributed by atoms with E-state index in [4.69, 9.17) is 0 Å². The second-order valence-corrected chi connectivity index (χ2v) is 2.59. The summed E-state index contributed by atoms with van der Waals surface area (Å²) in [6.45, 7) is 2.10. The van der Waals surface area contributed by atoms with E-state index in [2.05, 4.69) is 37.0 Å². The molecule has 0 N–H and O–H groups in total. The third-order valence-corrected chi connectivity index (χ3v) is 1.09. The smallest absolute Gasteiger partial charge is 0.229 e. The molecular formula is C7H9NOSi2. The Morgan fingerprint density at radius 1 is 1.45 bits per heavy atom. The van der Waals surface area contributed by atoms with Crippen LogP contribution in [0.4, 0.5) is 0 Å². The molecule has 0 aromatic carbocycles.